The van der Waals surface area contributed by atoms with Gasteiger partial charge in [0.2, 0.25) is 0 Å². The number of nitrogens with zero attached hydrogens (tertiary/aromatic N) is 1. The molecule has 0 aromatic heterocycles. The summed E-state index contributed by atoms with van der Waals surface area (Å²) in [6.07, 6.45) is -0.473. The highest BCUT2D eigenvalue weighted by molar-refractivity contribution is 5.37. The molecule has 1 aromatic carbocycles. The van der Waals surface area contributed by atoms with Crippen molar-refractivity contribution in [2.24, 2.45) is 0 Å². The molecule has 0 saturated carbocycles. The number of benzene rings is 1. The largest absolute Gasteiger partial charge is 0.478 e. The van der Waals surface area contributed by atoms with E-state index in [2.05, 4.69) is 0 Å². The van der Waals surface area contributed by atoms with Crippen molar-refractivity contribution in [3.63, 3.8) is 0 Å². The predicted molar refractivity (Wildman–Crippen MR) is 52.9 cm³/mol. The lowest BCUT2D eigenvalue weighted by Crippen LogP contribution is -1.97. The third-order valence-electron chi connectivity index (χ3n) is 1.97. The van der Waals surface area contributed by atoms with Crippen molar-refractivity contribution in [3.05, 3.63) is 29.3 Å². The van der Waals surface area contributed by atoms with Crippen LogP contribution >= 0.6 is 0 Å². The Kier molecular flexibility index (Phi) is 3.49. The lowest BCUT2D eigenvalue weighted by Gasteiger charge is -2.09. The summed E-state index contributed by atoms with van der Waals surface area (Å²) in [5.74, 6) is 0.691. The van der Waals surface area contributed by atoms with E-state index in [-0.39, 0.29) is 6.61 Å². The zero-order chi connectivity index (χ0) is 10.6. The first-order chi connectivity index (χ1) is 6.65. The van der Waals surface area contributed by atoms with Crippen LogP contribution in [0.1, 0.15) is 24.2 Å². The van der Waals surface area contributed by atoms with Gasteiger partial charge in [-0.1, -0.05) is 6.07 Å². The molecule has 74 valence electrons. The molecule has 14 heavy (non-hydrogen) atoms. The highest BCUT2D eigenvalue weighted by Crippen LogP contribution is 2.22. The number of hydrogen-bond donors (Lipinski definition) is 1. The molecule has 0 radical (unpaired) electrons. The van der Waals surface area contributed by atoms with Crippen molar-refractivity contribution in [1.82, 2.24) is 0 Å². The minimum absolute atomic E-state index is 0.0505. The summed E-state index contributed by atoms with van der Waals surface area (Å²) in [6.45, 7) is 3.65. The second-order valence-electron chi connectivity index (χ2n) is 3.15. The minimum atomic E-state index is -0.473. The summed E-state index contributed by atoms with van der Waals surface area (Å²) < 4.78 is 5.18. The second kappa shape index (κ2) is 4.64. The van der Waals surface area contributed by atoms with Gasteiger partial charge in [-0.3, -0.25) is 0 Å². The Morgan fingerprint density at radius 3 is 2.79 bits per heavy atom. The topological polar surface area (TPSA) is 53.2 Å². The average Bonchev–Trinajstić information content (AvgIpc) is 2.15. The van der Waals surface area contributed by atoms with Gasteiger partial charge in [-0.15, -0.1) is 0 Å². The zero-order valence-electron chi connectivity index (χ0n) is 8.32. The van der Waals surface area contributed by atoms with Gasteiger partial charge in [0.25, 0.3) is 0 Å². The van der Waals surface area contributed by atoms with Gasteiger partial charge in [0.05, 0.1) is 6.10 Å². The molecule has 3 nitrogen and oxygen atoms in total. The molecule has 0 unspecified atom stereocenters. The van der Waals surface area contributed by atoms with Crippen molar-refractivity contribution >= 4 is 0 Å². The number of hydrogen-bond acceptors (Lipinski definition) is 3. The Balaban J connectivity index is 2.85. The van der Waals surface area contributed by atoms with E-state index in [1.165, 1.54) is 0 Å². The molecule has 3 heteroatoms. The summed E-state index contributed by atoms with van der Waals surface area (Å²) in [4.78, 5) is 0. The number of ether oxygens (including phenoxy) is 1. The van der Waals surface area contributed by atoms with Crippen LogP contribution < -0.4 is 4.74 Å². The van der Waals surface area contributed by atoms with Gasteiger partial charge in [0, 0.05) is 0 Å². The smallest absolute Gasteiger partial charge is 0.174 e. The maximum Gasteiger partial charge on any atom is 0.174 e. The van der Waals surface area contributed by atoms with Crippen LogP contribution in [0.25, 0.3) is 0 Å². The molecular formula is C11H13NO2. The van der Waals surface area contributed by atoms with Crippen LogP contribution in [0.4, 0.5) is 0 Å². The molecule has 0 amide bonds. The van der Waals surface area contributed by atoms with Crippen LogP contribution in [0.15, 0.2) is 18.2 Å². The fourth-order valence-corrected chi connectivity index (χ4v) is 1.20. The third kappa shape index (κ3) is 2.48. The summed E-state index contributed by atoms with van der Waals surface area (Å²) in [6, 6.07) is 7.34. The van der Waals surface area contributed by atoms with Gasteiger partial charge >= 0.3 is 0 Å². The summed E-state index contributed by atoms with van der Waals surface area (Å²) in [5.41, 5.74) is 1.78. The van der Waals surface area contributed by atoms with E-state index >= 15 is 0 Å². The summed E-state index contributed by atoms with van der Waals surface area (Å²) in [7, 11) is 0. The highest BCUT2D eigenvalue weighted by atomic mass is 16.5. The van der Waals surface area contributed by atoms with Gasteiger partial charge in [0.1, 0.15) is 11.8 Å². The molecule has 0 saturated heterocycles. The van der Waals surface area contributed by atoms with E-state index in [0.717, 1.165) is 11.1 Å². The molecular weight excluding hydrogens is 178 g/mol. The Bertz CT molecular complexity index is 353. The van der Waals surface area contributed by atoms with Gasteiger partial charge in [-0.2, -0.15) is 5.26 Å². The van der Waals surface area contributed by atoms with Crippen LogP contribution in [0.2, 0.25) is 0 Å². The molecule has 0 heterocycles. The second-order valence-corrected chi connectivity index (χ2v) is 3.15. The van der Waals surface area contributed by atoms with E-state index < -0.39 is 6.10 Å². The first-order valence-electron chi connectivity index (χ1n) is 4.43. The molecule has 0 aliphatic heterocycles. The van der Waals surface area contributed by atoms with Crippen molar-refractivity contribution < 1.29 is 9.84 Å². The maximum absolute atomic E-state index is 9.32. The lowest BCUT2D eigenvalue weighted by atomic mass is 10.1. The first-order valence-corrected chi connectivity index (χ1v) is 4.43. The molecule has 1 rings (SSSR count). The quantitative estimate of drug-likeness (QED) is 0.794. The van der Waals surface area contributed by atoms with Crippen LogP contribution in [-0.2, 0) is 0 Å². The molecule has 0 aliphatic rings. The minimum Gasteiger partial charge on any atom is -0.478 e. The Morgan fingerprint density at radius 2 is 2.29 bits per heavy atom. The SMILES string of the molecule is Cc1cc([C@H](C)O)ccc1OCC#N. The zero-order valence-corrected chi connectivity index (χ0v) is 8.32. The van der Waals surface area contributed by atoms with Gasteiger partial charge in [0.15, 0.2) is 6.61 Å². The van der Waals surface area contributed by atoms with E-state index in [0.29, 0.717) is 5.75 Å². The fraction of sp³-hybridized carbons (Fsp3) is 0.364. The van der Waals surface area contributed by atoms with Crippen molar-refractivity contribution in [1.29, 1.82) is 5.26 Å². The first kappa shape index (κ1) is 10.6. The van der Waals surface area contributed by atoms with E-state index in [1.54, 1.807) is 19.1 Å². The van der Waals surface area contributed by atoms with Crippen LogP contribution in [0, 0.1) is 18.3 Å². The molecule has 0 fully saturated rings. The number of aliphatic hydroxyl groups is 1. The van der Waals surface area contributed by atoms with Crippen LogP contribution in [0.5, 0.6) is 5.75 Å². The maximum atomic E-state index is 9.32. The average molecular weight is 191 g/mol. The van der Waals surface area contributed by atoms with Crippen molar-refractivity contribution in [2.45, 2.75) is 20.0 Å². The standard InChI is InChI=1S/C11H13NO2/c1-8-7-10(9(2)13)3-4-11(8)14-6-5-12/h3-4,7,9,13H,6H2,1-2H3/t9-/m0/s1. The van der Waals surface area contributed by atoms with E-state index in [4.69, 9.17) is 10.00 Å². The number of aliphatic hydroxyl groups excluding tert-OH is 1. The van der Waals surface area contributed by atoms with E-state index in [1.807, 2.05) is 19.1 Å². The normalized spacial score (nSPS) is 11.9. The van der Waals surface area contributed by atoms with Crippen LogP contribution in [-0.4, -0.2) is 11.7 Å². The lowest BCUT2D eigenvalue weighted by molar-refractivity contribution is 0.199. The molecule has 1 atom stereocenters. The molecule has 1 N–H and O–H groups in total. The van der Waals surface area contributed by atoms with Crippen LogP contribution in [0.3, 0.4) is 0 Å². The van der Waals surface area contributed by atoms with E-state index in [9.17, 15) is 5.11 Å². The van der Waals surface area contributed by atoms with Gasteiger partial charge < -0.3 is 9.84 Å². The summed E-state index contributed by atoms with van der Waals surface area (Å²) >= 11 is 0. The summed E-state index contributed by atoms with van der Waals surface area (Å²) in [5, 5.41) is 17.7. The predicted octanol–water partition coefficient (Wildman–Crippen LogP) is 1.95. The fourth-order valence-electron chi connectivity index (χ4n) is 1.20. The number of nitriles is 1. The highest BCUT2D eigenvalue weighted by Gasteiger charge is 2.04. The van der Waals surface area contributed by atoms with Gasteiger partial charge in [-0.25, -0.2) is 0 Å². The van der Waals surface area contributed by atoms with Crippen molar-refractivity contribution in [3.8, 4) is 11.8 Å². The van der Waals surface area contributed by atoms with Crippen molar-refractivity contribution in [2.75, 3.05) is 6.61 Å². The number of rotatable bonds is 3. The third-order valence-corrected chi connectivity index (χ3v) is 1.97. The molecule has 1 aromatic rings. The monoisotopic (exact) mass is 191 g/mol. The Hall–Kier alpha value is -1.53. The molecule has 0 spiro atoms. The Labute approximate surface area is 83.6 Å². The molecule has 0 bridgehead atoms. The number of aryl methyl sites for hydroxylation is 1. The Morgan fingerprint density at radius 1 is 1.57 bits per heavy atom. The van der Waals surface area contributed by atoms with Gasteiger partial charge in [-0.05, 0) is 37.1 Å². The molecule has 0 aliphatic carbocycles.